The zero-order chi connectivity index (χ0) is 9.42. The molecule has 13 heavy (non-hydrogen) atoms. The van der Waals surface area contributed by atoms with Gasteiger partial charge in [0.1, 0.15) is 5.69 Å². The standard InChI is InChI=1S/C9H11N3O/c1-5-3-11-6(2)8(5)9-7(10)4-12-13-9/h3-4,11H,10H2,1-2H3. The molecule has 0 saturated carbocycles. The first-order chi connectivity index (χ1) is 6.20. The van der Waals surface area contributed by atoms with Gasteiger partial charge in [-0.15, -0.1) is 0 Å². The smallest absolute Gasteiger partial charge is 0.191 e. The number of aromatic amines is 1. The molecule has 0 spiro atoms. The van der Waals surface area contributed by atoms with Crippen LogP contribution in [0.25, 0.3) is 11.3 Å². The maximum Gasteiger partial charge on any atom is 0.191 e. The number of nitrogens with zero attached hydrogens (tertiary/aromatic N) is 1. The van der Waals surface area contributed by atoms with Crippen LogP contribution < -0.4 is 5.73 Å². The first-order valence-corrected chi connectivity index (χ1v) is 4.05. The summed E-state index contributed by atoms with van der Waals surface area (Å²) in [4.78, 5) is 3.11. The van der Waals surface area contributed by atoms with E-state index in [1.165, 1.54) is 6.20 Å². The number of nitrogen functional groups attached to an aromatic ring is 1. The summed E-state index contributed by atoms with van der Waals surface area (Å²) in [7, 11) is 0. The third-order valence-electron chi connectivity index (χ3n) is 2.10. The molecule has 0 aromatic carbocycles. The lowest BCUT2D eigenvalue weighted by atomic mass is 10.1. The minimum Gasteiger partial charge on any atom is -0.394 e. The molecule has 0 bridgehead atoms. The van der Waals surface area contributed by atoms with Crippen molar-refractivity contribution in [2.75, 3.05) is 5.73 Å². The van der Waals surface area contributed by atoms with Gasteiger partial charge in [0.25, 0.3) is 0 Å². The molecule has 2 rings (SSSR count). The average molecular weight is 177 g/mol. The highest BCUT2D eigenvalue weighted by Crippen LogP contribution is 2.30. The first-order valence-electron chi connectivity index (χ1n) is 4.05. The van der Waals surface area contributed by atoms with Crippen LogP contribution in [-0.2, 0) is 0 Å². The van der Waals surface area contributed by atoms with Gasteiger partial charge >= 0.3 is 0 Å². The van der Waals surface area contributed by atoms with Gasteiger partial charge in [-0.25, -0.2) is 0 Å². The van der Waals surface area contributed by atoms with Crippen LogP contribution in [-0.4, -0.2) is 10.1 Å². The van der Waals surface area contributed by atoms with Gasteiger partial charge in [0.2, 0.25) is 0 Å². The Bertz CT molecular complexity index is 408. The molecule has 0 atom stereocenters. The number of H-pyrrole nitrogens is 1. The molecule has 68 valence electrons. The third kappa shape index (κ3) is 1.11. The number of hydrogen-bond donors (Lipinski definition) is 2. The lowest BCUT2D eigenvalue weighted by molar-refractivity contribution is 0.432. The molecule has 0 amide bonds. The average Bonchev–Trinajstić information content (AvgIpc) is 2.60. The van der Waals surface area contributed by atoms with Crippen molar-refractivity contribution in [1.29, 1.82) is 0 Å². The summed E-state index contributed by atoms with van der Waals surface area (Å²) in [5.41, 5.74) is 9.44. The summed E-state index contributed by atoms with van der Waals surface area (Å²) in [5, 5.41) is 3.65. The number of hydrogen-bond acceptors (Lipinski definition) is 3. The largest absolute Gasteiger partial charge is 0.394 e. The molecule has 0 aliphatic heterocycles. The van der Waals surface area contributed by atoms with Gasteiger partial charge in [0, 0.05) is 17.5 Å². The zero-order valence-corrected chi connectivity index (χ0v) is 7.59. The van der Waals surface area contributed by atoms with Gasteiger partial charge in [-0.2, -0.15) is 0 Å². The van der Waals surface area contributed by atoms with Gasteiger partial charge in [-0.1, -0.05) is 5.16 Å². The number of rotatable bonds is 1. The first kappa shape index (κ1) is 7.91. The summed E-state index contributed by atoms with van der Waals surface area (Å²) in [6, 6.07) is 0. The Morgan fingerprint density at radius 2 is 2.23 bits per heavy atom. The van der Waals surface area contributed by atoms with Gasteiger partial charge in [-0.3, -0.25) is 0 Å². The van der Waals surface area contributed by atoms with E-state index in [2.05, 4.69) is 10.1 Å². The monoisotopic (exact) mass is 177 g/mol. The Kier molecular flexibility index (Phi) is 1.62. The number of aromatic nitrogens is 2. The second-order valence-corrected chi connectivity index (χ2v) is 3.08. The summed E-state index contributed by atoms with van der Waals surface area (Å²) in [5.74, 6) is 0.649. The molecule has 0 aliphatic rings. The highest BCUT2D eigenvalue weighted by molar-refractivity contribution is 5.74. The summed E-state index contributed by atoms with van der Waals surface area (Å²) in [6.45, 7) is 3.98. The summed E-state index contributed by atoms with van der Waals surface area (Å²) in [6.07, 6.45) is 3.44. The Balaban J connectivity index is 2.64. The van der Waals surface area contributed by atoms with Crippen LogP contribution in [0.5, 0.6) is 0 Å². The van der Waals surface area contributed by atoms with Crippen LogP contribution in [0.15, 0.2) is 16.9 Å². The number of aryl methyl sites for hydroxylation is 2. The van der Waals surface area contributed by atoms with Crippen LogP contribution in [0.2, 0.25) is 0 Å². The fraction of sp³-hybridized carbons (Fsp3) is 0.222. The molecule has 0 radical (unpaired) electrons. The fourth-order valence-corrected chi connectivity index (χ4v) is 1.44. The van der Waals surface area contributed by atoms with Crippen molar-refractivity contribution in [2.24, 2.45) is 0 Å². The number of anilines is 1. The molecule has 2 aromatic rings. The van der Waals surface area contributed by atoms with Crippen molar-refractivity contribution in [2.45, 2.75) is 13.8 Å². The van der Waals surface area contributed by atoms with Crippen LogP contribution in [0.1, 0.15) is 11.3 Å². The Morgan fingerprint density at radius 3 is 2.69 bits per heavy atom. The molecule has 4 nitrogen and oxygen atoms in total. The molecule has 0 aliphatic carbocycles. The Labute approximate surface area is 75.7 Å². The molecular weight excluding hydrogens is 166 g/mol. The van der Waals surface area contributed by atoms with E-state index in [4.69, 9.17) is 10.3 Å². The molecule has 4 heteroatoms. The van der Waals surface area contributed by atoms with Crippen LogP contribution in [0.3, 0.4) is 0 Å². The van der Waals surface area contributed by atoms with Gasteiger partial charge in [0.15, 0.2) is 5.76 Å². The maximum atomic E-state index is 5.70. The highest BCUT2D eigenvalue weighted by atomic mass is 16.5. The zero-order valence-electron chi connectivity index (χ0n) is 7.59. The maximum absolute atomic E-state index is 5.70. The molecule has 0 saturated heterocycles. The van der Waals surface area contributed by atoms with Crippen molar-refractivity contribution in [1.82, 2.24) is 10.1 Å². The second kappa shape index (κ2) is 2.65. The summed E-state index contributed by atoms with van der Waals surface area (Å²) < 4.78 is 5.08. The van der Waals surface area contributed by atoms with E-state index in [1.807, 2.05) is 20.0 Å². The van der Waals surface area contributed by atoms with Crippen LogP contribution in [0.4, 0.5) is 5.69 Å². The predicted octanol–water partition coefficient (Wildman–Crippen LogP) is 1.87. The van der Waals surface area contributed by atoms with Gasteiger partial charge in [-0.05, 0) is 19.4 Å². The third-order valence-corrected chi connectivity index (χ3v) is 2.10. The summed E-state index contributed by atoms with van der Waals surface area (Å²) >= 11 is 0. The fourth-order valence-electron chi connectivity index (χ4n) is 1.44. The SMILES string of the molecule is Cc1c[nH]c(C)c1-c1oncc1N. The van der Waals surface area contributed by atoms with Crippen molar-refractivity contribution >= 4 is 5.69 Å². The molecule has 0 fully saturated rings. The van der Waals surface area contributed by atoms with E-state index in [0.29, 0.717) is 11.4 Å². The topological polar surface area (TPSA) is 67.8 Å². The van der Waals surface area contributed by atoms with Crippen molar-refractivity contribution in [3.63, 3.8) is 0 Å². The van der Waals surface area contributed by atoms with Crippen LogP contribution in [0, 0.1) is 13.8 Å². The molecule has 3 N–H and O–H groups in total. The van der Waals surface area contributed by atoms with Crippen molar-refractivity contribution < 1.29 is 4.52 Å². The second-order valence-electron chi connectivity index (χ2n) is 3.08. The lowest BCUT2D eigenvalue weighted by Crippen LogP contribution is -1.86. The quantitative estimate of drug-likeness (QED) is 0.698. The van der Waals surface area contributed by atoms with Gasteiger partial charge in [0.05, 0.1) is 6.20 Å². The van der Waals surface area contributed by atoms with E-state index >= 15 is 0 Å². The van der Waals surface area contributed by atoms with E-state index in [0.717, 1.165) is 16.8 Å². The molecular formula is C9H11N3O. The predicted molar refractivity (Wildman–Crippen MR) is 50.2 cm³/mol. The molecule has 2 heterocycles. The van der Waals surface area contributed by atoms with Crippen molar-refractivity contribution in [3.05, 3.63) is 23.7 Å². The normalized spacial score (nSPS) is 10.6. The van der Waals surface area contributed by atoms with E-state index in [-0.39, 0.29) is 0 Å². The Morgan fingerprint density at radius 1 is 1.46 bits per heavy atom. The van der Waals surface area contributed by atoms with Gasteiger partial charge < -0.3 is 15.2 Å². The lowest BCUT2D eigenvalue weighted by Gasteiger charge is -1.97. The van der Waals surface area contributed by atoms with E-state index in [1.54, 1.807) is 0 Å². The minimum absolute atomic E-state index is 0.575. The molecule has 2 aromatic heterocycles. The minimum atomic E-state index is 0.575. The van der Waals surface area contributed by atoms with Crippen LogP contribution >= 0.6 is 0 Å². The Hall–Kier alpha value is -1.71. The number of nitrogens with two attached hydrogens (primary N) is 1. The van der Waals surface area contributed by atoms with Crippen molar-refractivity contribution in [3.8, 4) is 11.3 Å². The number of nitrogens with one attached hydrogen (secondary N) is 1. The molecule has 0 unspecified atom stereocenters. The van der Waals surface area contributed by atoms with E-state index < -0.39 is 0 Å². The highest BCUT2D eigenvalue weighted by Gasteiger charge is 2.14. The van der Waals surface area contributed by atoms with E-state index in [9.17, 15) is 0 Å².